The topological polar surface area (TPSA) is 60.7 Å². The van der Waals surface area contributed by atoms with Gasteiger partial charge in [0.15, 0.2) is 0 Å². The lowest BCUT2D eigenvalue weighted by molar-refractivity contribution is 0.861. The molecule has 0 amide bonds. The van der Waals surface area contributed by atoms with Crippen molar-refractivity contribution in [2.75, 3.05) is 0 Å². The maximum Gasteiger partial charge on any atom is 0.250 e. The van der Waals surface area contributed by atoms with Gasteiger partial charge in [0, 0.05) is 24.9 Å². The third-order valence-corrected chi connectivity index (χ3v) is 4.01. The number of aromatic nitrogens is 4. The van der Waals surface area contributed by atoms with Crippen LogP contribution in [0, 0.1) is 6.92 Å². The highest BCUT2D eigenvalue weighted by atomic mass is 16.1. The van der Waals surface area contributed by atoms with Gasteiger partial charge in [0.05, 0.1) is 6.20 Å². The van der Waals surface area contributed by atoms with Crippen LogP contribution in [-0.2, 0) is 13.5 Å². The summed E-state index contributed by atoms with van der Waals surface area (Å²) in [5.41, 5.74) is 4.96. The molecule has 0 saturated heterocycles. The van der Waals surface area contributed by atoms with Crippen molar-refractivity contribution in [3.63, 3.8) is 0 Å². The molecule has 0 unspecified atom stereocenters. The summed E-state index contributed by atoms with van der Waals surface area (Å²) in [5.74, 6) is 0.660. The summed E-state index contributed by atoms with van der Waals surface area (Å²) in [4.78, 5) is 16.1. The number of aryl methyl sites for hydroxylation is 3. The van der Waals surface area contributed by atoms with Crippen molar-refractivity contribution < 1.29 is 0 Å². The molecule has 0 bridgehead atoms. The number of benzene rings is 1. The van der Waals surface area contributed by atoms with Crippen molar-refractivity contribution in [1.29, 1.82) is 0 Å². The smallest absolute Gasteiger partial charge is 0.250 e. The van der Waals surface area contributed by atoms with E-state index in [-0.39, 0.29) is 5.56 Å². The van der Waals surface area contributed by atoms with Crippen LogP contribution in [0.1, 0.15) is 24.7 Å². The standard InChI is InChI=1S/C19H20N4O/c1-4-5-16-10-14(15-8-9-23(3)19(24)11-15)6-7-17(16)18-12-20-13(2)21-22-18/h6-12H,4-5H2,1-3H3. The largest absolute Gasteiger partial charge is 0.319 e. The molecule has 2 heterocycles. The Kier molecular flexibility index (Phi) is 4.51. The molecular formula is C19H20N4O. The maximum atomic E-state index is 11.9. The second kappa shape index (κ2) is 6.74. The Morgan fingerprint density at radius 3 is 2.54 bits per heavy atom. The Morgan fingerprint density at radius 1 is 1.08 bits per heavy atom. The lowest BCUT2D eigenvalue weighted by Gasteiger charge is -2.11. The van der Waals surface area contributed by atoms with E-state index in [9.17, 15) is 4.79 Å². The first-order valence-corrected chi connectivity index (χ1v) is 8.05. The molecule has 0 saturated carbocycles. The molecule has 0 aliphatic carbocycles. The van der Waals surface area contributed by atoms with Gasteiger partial charge < -0.3 is 4.57 Å². The molecule has 0 atom stereocenters. The quantitative estimate of drug-likeness (QED) is 0.741. The zero-order valence-corrected chi connectivity index (χ0v) is 14.2. The summed E-state index contributed by atoms with van der Waals surface area (Å²) in [7, 11) is 1.75. The van der Waals surface area contributed by atoms with Crippen molar-refractivity contribution in [2.24, 2.45) is 7.05 Å². The van der Waals surface area contributed by atoms with Gasteiger partial charge in [-0.15, -0.1) is 10.2 Å². The number of hydrogen-bond acceptors (Lipinski definition) is 4. The van der Waals surface area contributed by atoms with E-state index in [1.165, 1.54) is 5.56 Å². The lowest BCUT2D eigenvalue weighted by Crippen LogP contribution is -2.14. The second-order valence-electron chi connectivity index (χ2n) is 5.88. The van der Waals surface area contributed by atoms with E-state index < -0.39 is 0 Å². The van der Waals surface area contributed by atoms with Gasteiger partial charge in [-0.1, -0.05) is 31.5 Å². The predicted molar refractivity (Wildman–Crippen MR) is 94.7 cm³/mol. The van der Waals surface area contributed by atoms with Crippen molar-refractivity contribution in [3.8, 4) is 22.4 Å². The zero-order valence-electron chi connectivity index (χ0n) is 14.2. The molecule has 3 rings (SSSR count). The minimum Gasteiger partial charge on any atom is -0.319 e. The first kappa shape index (κ1) is 16.1. The molecule has 3 aromatic rings. The van der Waals surface area contributed by atoms with Gasteiger partial charge in [-0.2, -0.15) is 0 Å². The van der Waals surface area contributed by atoms with Crippen LogP contribution in [0.25, 0.3) is 22.4 Å². The highest BCUT2D eigenvalue weighted by Gasteiger charge is 2.10. The van der Waals surface area contributed by atoms with E-state index in [0.717, 1.165) is 35.2 Å². The molecule has 0 spiro atoms. The SMILES string of the molecule is CCCc1cc(-c2ccn(C)c(=O)c2)ccc1-c1cnc(C)nn1. The second-order valence-corrected chi connectivity index (χ2v) is 5.88. The minimum atomic E-state index is -0.0118. The fraction of sp³-hybridized carbons (Fsp3) is 0.263. The highest BCUT2D eigenvalue weighted by molar-refractivity contribution is 5.71. The van der Waals surface area contributed by atoms with E-state index in [0.29, 0.717) is 5.82 Å². The van der Waals surface area contributed by atoms with Crippen LogP contribution in [0.4, 0.5) is 0 Å². The van der Waals surface area contributed by atoms with E-state index in [1.807, 2.05) is 25.1 Å². The van der Waals surface area contributed by atoms with Crippen LogP contribution in [0.3, 0.4) is 0 Å². The summed E-state index contributed by atoms with van der Waals surface area (Å²) in [5, 5.41) is 8.31. The van der Waals surface area contributed by atoms with Crippen LogP contribution in [0.5, 0.6) is 0 Å². The Morgan fingerprint density at radius 2 is 1.88 bits per heavy atom. The molecule has 0 radical (unpaired) electrons. The van der Waals surface area contributed by atoms with Gasteiger partial charge >= 0.3 is 0 Å². The molecule has 1 aromatic carbocycles. The normalized spacial score (nSPS) is 10.8. The maximum absolute atomic E-state index is 11.9. The summed E-state index contributed by atoms with van der Waals surface area (Å²) < 4.78 is 1.57. The fourth-order valence-corrected chi connectivity index (χ4v) is 2.68. The monoisotopic (exact) mass is 320 g/mol. The van der Waals surface area contributed by atoms with Gasteiger partial charge in [0.25, 0.3) is 5.56 Å². The van der Waals surface area contributed by atoms with Crippen molar-refractivity contribution >= 4 is 0 Å². The molecule has 0 N–H and O–H groups in total. The molecule has 0 aliphatic rings. The fourth-order valence-electron chi connectivity index (χ4n) is 2.68. The zero-order chi connectivity index (χ0) is 17.1. The minimum absolute atomic E-state index is 0.0118. The van der Waals surface area contributed by atoms with E-state index in [4.69, 9.17) is 0 Å². The van der Waals surface area contributed by atoms with Crippen LogP contribution in [-0.4, -0.2) is 19.7 Å². The summed E-state index contributed by atoms with van der Waals surface area (Å²) >= 11 is 0. The van der Waals surface area contributed by atoms with Gasteiger partial charge in [-0.05, 0) is 36.1 Å². The number of nitrogens with zero attached hydrogens (tertiary/aromatic N) is 4. The average molecular weight is 320 g/mol. The molecule has 5 nitrogen and oxygen atoms in total. The Labute approximate surface area is 141 Å². The van der Waals surface area contributed by atoms with E-state index in [1.54, 1.807) is 30.1 Å². The number of pyridine rings is 1. The Hall–Kier alpha value is -2.82. The van der Waals surface area contributed by atoms with Crippen molar-refractivity contribution in [2.45, 2.75) is 26.7 Å². The summed E-state index contributed by atoms with van der Waals surface area (Å²) in [6.45, 7) is 3.97. The summed E-state index contributed by atoms with van der Waals surface area (Å²) in [6, 6.07) is 9.82. The molecule has 5 heteroatoms. The molecule has 0 aliphatic heterocycles. The first-order valence-electron chi connectivity index (χ1n) is 8.05. The average Bonchev–Trinajstić information content (AvgIpc) is 2.58. The molecular weight excluding hydrogens is 300 g/mol. The van der Waals surface area contributed by atoms with Gasteiger partial charge in [0.1, 0.15) is 11.5 Å². The third kappa shape index (κ3) is 3.25. The van der Waals surface area contributed by atoms with E-state index in [2.05, 4.69) is 28.2 Å². The van der Waals surface area contributed by atoms with Gasteiger partial charge in [-0.3, -0.25) is 4.79 Å². The van der Waals surface area contributed by atoms with Crippen LogP contribution in [0.2, 0.25) is 0 Å². The van der Waals surface area contributed by atoms with Crippen molar-refractivity contribution in [3.05, 3.63) is 64.5 Å². The number of hydrogen-bond donors (Lipinski definition) is 0. The van der Waals surface area contributed by atoms with Crippen LogP contribution >= 0.6 is 0 Å². The molecule has 2 aromatic heterocycles. The lowest BCUT2D eigenvalue weighted by atomic mass is 9.95. The molecule has 122 valence electrons. The van der Waals surface area contributed by atoms with Crippen LogP contribution in [0.15, 0.2) is 47.5 Å². The Bertz CT molecular complexity index is 913. The van der Waals surface area contributed by atoms with Gasteiger partial charge in [-0.25, -0.2) is 4.98 Å². The molecule has 0 fully saturated rings. The molecule has 24 heavy (non-hydrogen) atoms. The van der Waals surface area contributed by atoms with E-state index >= 15 is 0 Å². The number of rotatable bonds is 4. The highest BCUT2D eigenvalue weighted by Crippen LogP contribution is 2.28. The third-order valence-electron chi connectivity index (χ3n) is 4.01. The van der Waals surface area contributed by atoms with Gasteiger partial charge in [0.2, 0.25) is 0 Å². The Balaban J connectivity index is 2.08. The predicted octanol–water partition coefficient (Wildman–Crippen LogP) is 3.17. The first-order chi connectivity index (χ1) is 11.6. The summed E-state index contributed by atoms with van der Waals surface area (Å²) in [6.07, 6.45) is 5.51. The van der Waals surface area contributed by atoms with Crippen molar-refractivity contribution in [1.82, 2.24) is 19.7 Å². The van der Waals surface area contributed by atoms with Crippen LogP contribution < -0.4 is 5.56 Å².